The Morgan fingerprint density at radius 3 is 2.19 bits per heavy atom. The van der Waals surface area contributed by atoms with Crippen LogP contribution in [-0.4, -0.2) is 60.9 Å². The van der Waals surface area contributed by atoms with Gasteiger partial charge in [0.25, 0.3) is 5.91 Å². The molecule has 3 aliphatic rings. The fourth-order valence-electron chi connectivity index (χ4n) is 4.14. The quantitative estimate of drug-likeness (QED) is 0.837. The summed E-state index contributed by atoms with van der Waals surface area (Å²) in [4.78, 5) is 31.2. The number of nitrogens with zero attached hydrogens (tertiary/aromatic N) is 3. The highest BCUT2D eigenvalue weighted by Gasteiger charge is 2.34. The number of benzene rings is 1. The fraction of sp³-hybridized carbons (Fsp3) is 0.619. The van der Waals surface area contributed by atoms with Crippen molar-refractivity contribution in [1.82, 2.24) is 9.80 Å². The second-order valence-corrected chi connectivity index (χ2v) is 8.13. The smallest absolute Gasteiger partial charge is 0.253 e. The Bertz CT molecular complexity index is 660. The van der Waals surface area contributed by atoms with Gasteiger partial charge in [0.15, 0.2) is 0 Å². The molecule has 1 aromatic carbocycles. The molecule has 26 heavy (non-hydrogen) atoms. The average molecular weight is 355 g/mol. The van der Waals surface area contributed by atoms with Gasteiger partial charge in [-0.2, -0.15) is 0 Å². The van der Waals surface area contributed by atoms with Crippen molar-refractivity contribution in [2.24, 2.45) is 11.8 Å². The van der Waals surface area contributed by atoms with Crippen molar-refractivity contribution in [2.75, 3.05) is 44.2 Å². The molecule has 0 spiro atoms. The lowest BCUT2D eigenvalue weighted by Crippen LogP contribution is -2.49. The van der Waals surface area contributed by atoms with Crippen LogP contribution in [0.15, 0.2) is 24.3 Å². The van der Waals surface area contributed by atoms with Gasteiger partial charge < -0.3 is 14.7 Å². The van der Waals surface area contributed by atoms with Gasteiger partial charge in [-0.3, -0.25) is 9.59 Å². The van der Waals surface area contributed by atoms with E-state index >= 15 is 0 Å². The number of likely N-dealkylation sites (tertiary alicyclic amines) is 1. The number of anilines is 1. The zero-order valence-corrected chi connectivity index (χ0v) is 15.7. The van der Waals surface area contributed by atoms with Crippen molar-refractivity contribution in [1.29, 1.82) is 0 Å². The Balaban J connectivity index is 1.34. The Morgan fingerprint density at radius 2 is 1.58 bits per heavy atom. The summed E-state index contributed by atoms with van der Waals surface area (Å²) in [6.07, 6.45) is 4.47. The molecular weight excluding hydrogens is 326 g/mol. The minimum Gasteiger partial charge on any atom is -0.368 e. The van der Waals surface area contributed by atoms with Gasteiger partial charge in [0, 0.05) is 56.4 Å². The van der Waals surface area contributed by atoms with Gasteiger partial charge >= 0.3 is 0 Å². The van der Waals surface area contributed by atoms with E-state index in [4.69, 9.17) is 0 Å². The van der Waals surface area contributed by atoms with Crippen LogP contribution >= 0.6 is 0 Å². The third-order valence-corrected chi connectivity index (χ3v) is 5.94. The topological polar surface area (TPSA) is 43.9 Å². The summed E-state index contributed by atoms with van der Waals surface area (Å²) >= 11 is 0. The summed E-state index contributed by atoms with van der Waals surface area (Å²) < 4.78 is 0. The van der Waals surface area contributed by atoms with E-state index in [1.165, 1.54) is 6.42 Å². The number of piperazine rings is 1. The maximum Gasteiger partial charge on any atom is 0.253 e. The van der Waals surface area contributed by atoms with Crippen LogP contribution in [0.3, 0.4) is 0 Å². The molecule has 0 radical (unpaired) electrons. The molecule has 140 valence electrons. The van der Waals surface area contributed by atoms with Gasteiger partial charge in [-0.1, -0.05) is 6.92 Å². The zero-order chi connectivity index (χ0) is 18.1. The van der Waals surface area contributed by atoms with Crippen LogP contribution in [0.2, 0.25) is 0 Å². The van der Waals surface area contributed by atoms with Crippen LogP contribution < -0.4 is 4.90 Å². The first kappa shape index (κ1) is 17.4. The van der Waals surface area contributed by atoms with Crippen LogP contribution in [-0.2, 0) is 4.79 Å². The molecule has 0 N–H and O–H groups in total. The van der Waals surface area contributed by atoms with Crippen LogP contribution in [0.1, 0.15) is 43.0 Å². The number of carbonyl (C=O) groups is 2. The van der Waals surface area contributed by atoms with Crippen molar-refractivity contribution < 1.29 is 9.59 Å². The van der Waals surface area contributed by atoms with Crippen molar-refractivity contribution in [2.45, 2.75) is 32.6 Å². The highest BCUT2D eigenvalue weighted by atomic mass is 16.2. The number of carbonyl (C=O) groups excluding carboxylic acids is 2. The average Bonchev–Trinajstić information content (AvgIpc) is 3.52. The van der Waals surface area contributed by atoms with E-state index in [-0.39, 0.29) is 5.91 Å². The number of hydrogen-bond donors (Lipinski definition) is 0. The van der Waals surface area contributed by atoms with Gasteiger partial charge in [0.2, 0.25) is 5.91 Å². The van der Waals surface area contributed by atoms with Crippen LogP contribution in [0.4, 0.5) is 5.69 Å². The molecule has 1 aromatic rings. The molecule has 1 unspecified atom stereocenters. The Labute approximate surface area is 155 Å². The zero-order valence-electron chi connectivity index (χ0n) is 15.7. The van der Waals surface area contributed by atoms with Crippen molar-refractivity contribution in [3.63, 3.8) is 0 Å². The maximum atomic E-state index is 12.7. The Kier molecular flexibility index (Phi) is 4.88. The highest BCUT2D eigenvalue weighted by molar-refractivity contribution is 5.94. The number of rotatable bonds is 3. The molecule has 2 heterocycles. The summed E-state index contributed by atoms with van der Waals surface area (Å²) in [5.41, 5.74) is 1.93. The van der Waals surface area contributed by atoms with E-state index in [0.29, 0.717) is 17.7 Å². The van der Waals surface area contributed by atoms with Gasteiger partial charge in [0.05, 0.1) is 0 Å². The highest BCUT2D eigenvalue weighted by Crippen LogP contribution is 2.31. The Hall–Kier alpha value is -2.04. The molecular formula is C21H29N3O2. The monoisotopic (exact) mass is 355 g/mol. The second kappa shape index (κ2) is 7.29. The normalized spacial score (nSPS) is 23.9. The SMILES string of the molecule is CC1CCCN(C(=O)c2ccc(N3CCN(C(=O)C4CC4)CC3)cc2)C1. The third kappa shape index (κ3) is 3.71. The molecule has 1 atom stereocenters. The molecule has 0 aromatic heterocycles. The van der Waals surface area contributed by atoms with Crippen molar-refractivity contribution in [3.05, 3.63) is 29.8 Å². The lowest BCUT2D eigenvalue weighted by Gasteiger charge is -2.36. The first-order valence-corrected chi connectivity index (χ1v) is 10.0. The predicted molar refractivity (Wildman–Crippen MR) is 102 cm³/mol. The lowest BCUT2D eigenvalue weighted by atomic mass is 9.99. The van der Waals surface area contributed by atoms with Gasteiger partial charge in [-0.05, 0) is 55.9 Å². The van der Waals surface area contributed by atoms with Crippen molar-refractivity contribution in [3.8, 4) is 0 Å². The summed E-state index contributed by atoms with van der Waals surface area (Å²) in [7, 11) is 0. The summed E-state index contributed by atoms with van der Waals surface area (Å²) in [5, 5.41) is 0. The van der Waals surface area contributed by atoms with Gasteiger partial charge in [0.1, 0.15) is 0 Å². The number of hydrogen-bond acceptors (Lipinski definition) is 3. The molecule has 5 nitrogen and oxygen atoms in total. The fourth-order valence-corrected chi connectivity index (χ4v) is 4.14. The summed E-state index contributed by atoms with van der Waals surface area (Å²) in [6, 6.07) is 8.02. The Morgan fingerprint density at radius 1 is 0.885 bits per heavy atom. The molecule has 2 amide bonds. The first-order valence-electron chi connectivity index (χ1n) is 10.0. The largest absolute Gasteiger partial charge is 0.368 e. The van der Waals surface area contributed by atoms with Crippen molar-refractivity contribution >= 4 is 17.5 Å². The van der Waals surface area contributed by atoms with Crippen LogP contribution in [0.25, 0.3) is 0 Å². The minimum atomic E-state index is 0.156. The molecule has 2 aliphatic heterocycles. The molecule has 3 fully saturated rings. The minimum absolute atomic E-state index is 0.156. The molecule has 1 saturated carbocycles. The predicted octanol–water partition coefficient (Wildman–Crippen LogP) is 2.62. The first-order chi connectivity index (χ1) is 12.6. The van der Waals surface area contributed by atoms with E-state index in [1.807, 2.05) is 21.9 Å². The second-order valence-electron chi connectivity index (χ2n) is 8.13. The van der Waals surface area contributed by atoms with E-state index in [9.17, 15) is 9.59 Å². The third-order valence-electron chi connectivity index (χ3n) is 5.94. The van der Waals surface area contributed by atoms with Gasteiger partial charge in [-0.15, -0.1) is 0 Å². The number of piperidine rings is 1. The summed E-state index contributed by atoms with van der Waals surface area (Å²) in [5.74, 6) is 1.41. The molecule has 1 aliphatic carbocycles. The lowest BCUT2D eigenvalue weighted by molar-refractivity contribution is -0.132. The van der Waals surface area contributed by atoms with E-state index in [0.717, 1.165) is 69.8 Å². The number of amides is 2. The van der Waals surface area contributed by atoms with Crippen LogP contribution in [0, 0.1) is 11.8 Å². The van der Waals surface area contributed by atoms with Crippen LogP contribution in [0.5, 0.6) is 0 Å². The molecule has 0 bridgehead atoms. The van der Waals surface area contributed by atoms with E-state index < -0.39 is 0 Å². The van der Waals surface area contributed by atoms with E-state index in [1.54, 1.807) is 0 Å². The molecule has 2 saturated heterocycles. The van der Waals surface area contributed by atoms with E-state index in [2.05, 4.69) is 24.0 Å². The summed E-state index contributed by atoms with van der Waals surface area (Å²) in [6.45, 7) is 7.32. The van der Waals surface area contributed by atoms with Gasteiger partial charge in [-0.25, -0.2) is 0 Å². The maximum absolute atomic E-state index is 12.7. The standard InChI is InChI=1S/C21H29N3O2/c1-16-3-2-10-24(15-16)21(26)18-6-8-19(9-7-18)22-11-13-23(14-12-22)20(25)17-4-5-17/h6-9,16-17H,2-5,10-15H2,1H3. The molecule has 4 rings (SSSR count). The molecule has 5 heteroatoms.